The first-order chi connectivity index (χ1) is 31.1. The molecule has 0 saturated heterocycles. The van der Waals surface area contributed by atoms with E-state index in [9.17, 15) is 52.7 Å². The van der Waals surface area contributed by atoms with E-state index in [1.54, 1.807) is 0 Å². The Balaban J connectivity index is 0.000000464. The summed E-state index contributed by atoms with van der Waals surface area (Å²) in [6, 6.07) is 0. The topological polar surface area (TPSA) is 16.6 Å². The average Bonchev–Trinajstić information content (AvgIpc) is 3.30. The first-order valence-corrected chi connectivity index (χ1v) is 21.2. The Labute approximate surface area is 366 Å². The third-order valence-corrected chi connectivity index (χ3v) is 11.2. The molecule has 4 rings (SSSR count). The number of unbranched alkanes of at least 4 members (excludes halogenated alkanes) is 14. The minimum Gasteiger partial charge on any atom is -0.346 e. The first kappa shape index (κ1) is 55.8. The lowest BCUT2D eigenvalue weighted by Crippen LogP contribution is -2.84. The molecule has 0 unspecified atom stereocenters. The van der Waals surface area contributed by atoms with Gasteiger partial charge in [0.2, 0.25) is 0 Å². The molecule has 0 heterocycles. The zero-order valence-corrected chi connectivity index (χ0v) is 35.4. The molecular weight excluding hydrogens is 933 g/mol. The van der Waals surface area contributed by atoms with Gasteiger partial charge < -0.3 is 5.32 Å². The van der Waals surface area contributed by atoms with Crippen LogP contribution in [-0.4, -0.2) is 19.2 Å². The number of halogens is 20. The normalized spacial score (nSPS) is 11.7. The fourth-order valence-electron chi connectivity index (χ4n) is 7.86. The van der Waals surface area contributed by atoms with Crippen LogP contribution in [0.4, 0.5) is 87.8 Å². The van der Waals surface area contributed by atoms with E-state index in [2.05, 4.69) is 19.2 Å². The summed E-state index contributed by atoms with van der Waals surface area (Å²) in [7, 11) is 0. The number of hydrogen-bond donors (Lipinski definition) is 1. The smallest absolute Gasteiger partial charge is 0.200 e. The van der Waals surface area contributed by atoms with Gasteiger partial charge in [-0.3, -0.25) is 0 Å². The lowest BCUT2D eigenvalue weighted by molar-refractivity contribution is -0.655. The van der Waals surface area contributed by atoms with Gasteiger partial charge in [0.25, 0.3) is 0 Å². The van der Waals surface area contributed by atoms with E-state index in [0.29, 0.717) is 0 Å². The van der Waals surface area contributed by atoms with Crippen LogP contribution in [0.25, 0.3) is 0 Å². The van der Waals surface area contributed by atoms with Crippen molar-refractivity contribution >= 4 is 28.0 Å². The summed E-state index contributed by atoms with van der Waals surface area (Å²) in [4.78, 5) is 0. The second-order valence-electron chi connectivity index (χ2n) is 15.6. The standard InChI is InChI=1S/C24BF20.C20H43N/c26-5-1(6(27)14(35)21(42)13(5)34)25(2-7(28)15(36)22(43)16(37)8(2)29,3-9(30)17(38)23(44)18(39)10(3)31)4-11(32)19(40)24(45)20(41)12(4)33;1-3-5-7-9-11-13-15-17-19-21-20-18-16-14-12-10-8-6-4-2/h;21H,3-20H2,1-2H3/q-1;/p+1. The molecular formula is C44H44BF20N. The molecule has 0 fully saturated rings. The fraction of sp³-hybridized carbons (Fsp3) is 0.455. The average molecular weight is 978 g/mol. The summed E-state index contributed by atoms with van der Waals surface area (Å²) in [5.41, 5.74) is -14.3. The van der Waals surface area contributed by atoms with Crippen molar-refractivity contribution in [2.45, 2.75) is 117 Å². The van der Waals surface area contributed by atoms with E-state index in [1.807, 2.05) is 0 Å². The van der Waals surface area contributed by atoms with Gasteiger partial charge in [0.15, 0.2) is 69.8 Å². The summed E-state index contributed by atoms with van der Waals surface area (Å²) in [6.45, 7) is 7.32. The zero-order chi connectivity index (χ0) is 49.8. The van der Waals surface area contributed by atoms with Crippen LogP contribution in [0.2, 0.25) is 0 Å². The fourth-order valence-corrected chi connectivity index (χ4v) is 7.86. The van der Waals surface area contributed by atoms with Crippen molar-refractivity contribution in [3.05, 3.63) is 116 Å². The van der Waals surface area contributed by atoms with Crippen LogP contribution in [0.5, 0.6) is 0 Å². The van der Waals surface area contributed by atoms with Crippen LogP contribution in [-0.2, 0) is 0 Å². The summed E-state index contributed by atoms with van der Waals surface area (Å²) >= 11 is 0. The van der Waals surface area contributed by atoms with Gasteiger partial charge in [0.05, 0.1) is 13.1 Å². The van der Waals surface area contributed by atoms with Crippen molar-refractivity contribution in [1.82, 2.24) is 0 Å². The molecule has 2 N–H and O–H groups in total. The zero-order valence-electron chi connectivity index (χ0n) is 35.4. The molecule has 0 amide bonds. The molecule has 4 aromatic carbocycles. The summed E-state index contributed by atoms with van der Waals surface area (Å²) in [5.74, 6) is -71.4. The second-order valence-corrected chi connectivity index (χ2v) is 15.6. The summed E-state index contributed by atoms with van der Waals surface area (Å²) < 4.78 is 294. The molecule has 0 atom stereocenters. The number of rotatable bonds is 22. The highest BCUT2D eigenvalue weighted by Crippen LogP contribution is 2.31. The molecule has 66 heavy (non-hydrogen) atoms. The SMILES string of the molecule is CCCCCCCCCC[NH2+]CCCCCCCCCC.Fc1c(F)c(F)c([B-](c2c(F)c(F)c(F)c(F)c2F)(c2c(F)c(F)c(F)c(F)c2F)c2c(F)c(F)c(F)c(F)c2F)c(F)c1F. The lowest BCUT2D eigenvalue weighted by Gasteiger charge is -2.44. The minimum atomic E-state index is -7.22. The quantitative estimate of drug-likeness (QED) is 0.0266. The third kappa shape index (κ3) is 11.4. The number of benzene rings is 4. The predicted octanol–water partition coefficient (Wildman–Crippen LogP) is 11.7. The maximum absolute atomic E-state index is 15.4. The van der Waals surface area contributed by atoms with Crippen molar-refractivity contribution in [3.63, 3.8) is 0 Å². The largest absolute Gasteiger partial charge is 0.346 e. The van der Waals surface area contributed by atoms with Crippen molar-refractivity contribution in [3.8, 4) is 0 Å². The highest BCUT2D eigenvalue weighted by molar-refractivity contribution is 7.20. The third-order valence-electron chi connectivity index (χ3n) is 11.2. The van der Waals surface area contributed by atoms with Crippen LogP contribution in [0, 0.1) is 116 Å². The monoisotopic (exact) mass is 977 g/mol. The van der Waals surface area contributed by atoms with Crippen LogP contribution < -0.4 is 27.2 Å². The summed E-state index contributed by atoms with van der Waals surface area (Å²) in [6.07, 6.45) is 15.9. The molecule has 1 nitrogen and oxygen atoms in total. The van der Waals surface area contributed by atoms with E-state index in [-0.39, 0.29) is 0 Å². The Kier molecular flexibility index (Phi) is 21.2. The number of hydrogen-bond acceptors (Lipinski definition) is 0. The Morgan fingerprint density at radius 3 is 0.561 bits per heavy atom. The van der Waals surface area contributed by atoms with Crippen LogP contribution in [0.15, 0.2) is 0 Å². The Morgan fingerprint density at radius 2 is 0.379 bits per heavy atom. The maximum atomic E-state index is 15.4. The van der Waals surface area contributed by atoms with Gasteiger partial charge >= 0.3 is 0 Å². The maximum Gasteiger partial charge on any atom is 0.200 e. The number of quaternary nitrogens is 1. The molecule has 0 aromatic heterocycles. The van der Waals surface area contributed by atoms with Crippen LogP contribution in [0.3, 0.4) is 0 Å². The van der Waals surface area contributed by atoms with E-state index < -0.39 is 144 Å². The number of nitrogens with two attached hydrogens (primary N) is 1. The molecule has 4 aromatic rings. The van der Waals surface area contributed by atoms with E-state index in [4.69, 9.17) is 0 Å². The Hall–Kier alpha value is -4.50. The lowest BCUT2D eigenvalue weighted by atomic mass is 9.12. The molecule has 22 heteroatoms. The van der Waals surface area contributed by atoms with Gasteiger partial charge in [0, 0.05) is 0 Å². The molecule has 0 saturated carbocycles. The predicted molar refractivity (Wildman–Crippen MR) is 206 cm³/mol. The molecule has 0 radical (unpaired) electrons. The van der Waals surface area contributed by atoms with Gasteiger partial charge in [-0.25, -0.2) is 87.8 Å². The van der Waals surface area contributed by atoms with Crippen LogP contribution >= 0.6 is 0 Å². The van der Waals surface area contributed by atoms with Gasteiger partial charge in [-0.05, 0) is 25.7 Å². The van der Waals surface area contributed by atoms with E-state index in [0.717, 1.165) is 0 Å². The second kappa shape index (κ2) is 25.0. The van der Waals surface area contributed by atoms with Gasteiger partial charge in [-0.2, -0.15) is 0 Å². The Morgan fingerprint density at radius 1 is 0.227 bits per heavy atom. The van der Waals surface area contributed by atoms with Crippen LogP contribution in [0.1, 0.15) is 117 Å². The van der Waals surface area contributed by atoms with E-state index >= 15 is 35.1 Å². The highest BCUT2D eigenvalue weighted by Gasteiger charge is 2.52. The van der Waals surface area contributed by atoms with Crippen molar-refractivity contribution < 1.29 is 93.1 Å². The Bertz CT molecular complexity index is 1900. The van der Waals surface area contributed by atoms with Gasteiger partial charge in [0.1, 0.15) is 52.7 Å². The summed E-state index contributed by atoms with van der Waals surface area (Å²) in [5, 5.41) is 2.55. The molecule has 0 spiro atoms. The van der Waals surface area contributed by atoms with Gasteiger partial charge in [-0.1, -0.05) is 90.9 Å². The molecule has 0 aliphatic heterocycles. The van der Waals surface area contributed by atoms with E-state index in [1.165, 1.54) is 116 Å². The van der Waals surface area contributed by atoms with Crippen molar-refractivity contribution in [2.24, 2.45) is 0 Å². The first-order valence-electron chi connectivity index (χ1n) is 21.2. The van der Waals surface area contributed by atoms with Gasteiger partial charge in [-0.15, -0.1) is 21.9 Å². The molecule has 0 aliphatic rings. The molecule has 368 valence electrons. The molecule has 0 bridgehead atoms. The van der Waals surface area contributed by atoms with Crippen molar-refractivity contribution in [2.75, 3.05) is 13.1 Å². The minimum absolute atomic E-state index is 1.37. The molecule has 0 aliphatic carbocycles. The highest BCUT2D eigenvalue weighted by atomic mass is 19.2. The van der Waals surface area contributed by atoms with Crippen molar-refractivity contribution in [1.29, 1.82) is 0 Å².